The van der Waals surface area contributed by atoms with E-state index in [4.69, 9.17) is 4.74 Å². The van der Waals surface area contributed by atoms with Gasteiger partial charge in [0, 0.05) is 12.6 Å². The molecule has 4 nitrogen and oxygen atoms in total. The minimum absolute atomic E-state index is 0.116. The first-order chi connectivity index (χ1) is 9.75. The van der Waals surface area contributed by atoms with Gasteiger partial charge in [-0.25, -0.2) is 4.39 Å². The second-order valence-corrected chi connectivity index (χ2v) is 4.17. The van der Waals surface area contributed by atoms with E-state index in [1.54, 1.807) is 42.7 Å². The zero-order valence-corrected chi connectivity index (χ0v) is 10.9. The summed E-state index contributed by atoms with van der Waals surface area (Å²) >= 11 is 0. The lowest BCUT2D eigenvalue weighted by Crippen LogP contribution is -2.13. The second-order valence-electron chi connectivity index (χ2n) is 4.17. The number of pyridine rings is 1. The molecule has 0 saturated carbocycles. The molecule has 0 atom stereocenters. The monoisotopic (exact) mass is 274 g/mol. The largest absolute Gasteiger partial charge is 0.491 e. The van der Waals surface area contributed by atoms with Gasteiger partial charge < -0.3 is 10.1 Å². The van der Waals surface area contributed by atoms with E-state index in [0.717, 1.165) is 0 Å². The molecule has 1 amide bonds. The Bertz CT molecular complexity index is 561. The number of hydrogen-bond donors (Lipinski definition) is 1. The molecular formula is C15H15FN2O2. The van der Waals surface area contributed by atoms with E-state index < -0.39 is 5.82 Å². The number of amides is 1. The van der Waals surface area contributed by atoms with Gasteiger partial charge in [-0.3, -0.25) is 9.78 Å². The number of nitrogens with zero attached hydrogens (tertiary/aromatic N) is 1. The highest BCUT2D eigenvalue weighted by molar-refractivity contribution is 5.90. The number of aromatic nitrogens is 1. The number of nitrogens with one attached hydrogen (secondary N) is 1. The normalized spacial score (nSPS) is 10.1. The fraction of sp³-hybridized carbons (Fsp3) is 0.200. The van der Waals surface area contributed by atoms with E-state index >= 15 is 0 Å². The zero-order valence-electron chi connectivity index (χ0n) is 10.9. The Balaban J connectivity index is 1.69. The summed E-state index contributed by atoms with van der Waals surface area (Å²) in [6.45, 7) is 0.293. The lowest BCUT2D eigenvalue weighted by Gasteiger charge is -2.07. The van der Waals surface area contributed by atoms with Crippen LogP contribution in [0.2, 0.25) is 0 Å². The summed E-state index contributed by atoms with van der Waals surface area (Å²) in [6, 6.07) is 9.71. The number of halogens is 1. The molecule has 1 aromatic carbocycles. The van der Waals surface area contributed by atoms with Crippen molar-refractivity contribution in [1.82, 2.24) is 4.98 Å². The number of benzene rings is 1. The van der Waals surface area contributed by atoms with Crippen molar-refractivity contribution in [3.63, 3.8) is 0 Å². The van der Waals surface area contributed by atoms with Gasteiger partial charge in [-0.1, -0.05) is 12.1 Å². The van der Waals surface area contributed by atoms with Gasteiger partial charge in [-0.2, -0.15) is 0 Å². The Morgan fingerprint density at radius 1 is 1.25 bits per heavy atom. The molecule has 0 spiro atoms. The molecule has 20 heavy (non-hydrogen) atoms. The highest BCUT2D eigenvalue weighted by atomic mass is 19.1. The van der Waals surface area contributed by atoms with Crippen LogP contribution >= 0.6 is 0 Å². The van der Waals surface area contributed by atoms with Gasteiger partial charge >= 0.3 is 0 Å². The summed E-state index contributed by atoms with van der Waals surface area (Å²) in [6.07, 6.45) is 4.04. The molecule has 2 rings (SSSR count). The van der Waals surface area contributed by atoms with Crippen molar-refractivity contribution in [1.29, 1.82) is 0 Å². The molecule has 5 heteroatoms. The minimum Gasteiger partial charge on any atom is -0.491 e. The van der Waals surface area contributed by atoms with E-state index in [1.807, 2.05) is 0 Å². The summed E-state index contributed by atoms with van der Waals surface area (Å²) in [4.78, 5) is 15.5. The topological polar surface area (TPSA) is 51.2 Å². The molecule has 1 heterocycles. The van der Waals surface area contributed by atoms with Crippen LogP contribution in [0.25, 0.3) is 0 Å². The lowest BCUT2D eigenvalue weighted by molar-refractivity contribution is -0.116. The van der Waals surface area contributed by atoms with E-state index in [1.165, 1.54) is 6.07 Å². The Hall–Kier alpha value is -2.43. The molecule has 0 aliphatic rings. The number of carbonyl (C=O) groups is 1. The van der Waals surface area contributed by atoms with Gasteiger partial charge in [0.1, 0.15) is 0 Å². The molecule has 0 aliphatic carbocycles. The van der Waals surface area contributed by atoms with E-state index in [-0.39, 0.29) is 11.7 Å². The minimum atomic E-state index is -0.396. The molecule has 2 aromatic rings. The Kier molecular flexibility index (Phi) is 5.06. The molecule has 0 unspecified atom stereocenters. The van der Waals surface area contributed by atoms with Gasteiger partial charge in [0.2, 0.25) is 5.91 Å². The first-order valence-electron chi connectivity index (χ1n) is 6.33. The Labute approximate surface area is 116 Å². The van der Waals surface area contributed by atoms with E-state index in [0.29, 0.717) is 25.1 Å². The Morgan fingerprint density at radius 2 is 2.10 bits per heavy atom. The molecule has 1 N–H and O–H groups in total. The number of carbonyl (C=O) groups excluding carboxylic acids is 1. The van der Waals surface area contributed by atoms with Crippen LogP contribution in [-0.4, -0.2) is 17.5 Å². The van der Waals surface area contributed by atoms with Crippen LogP contribution in [-0.2, 0) is 4.79 Å². The lowest BCUT2D eigenvalue weighted by atomic mass is 10.3. The van der Waals surface area contributed by atoms with Crippen LogP contribution in [0, 0.1) is 5.82 Å². The van der Waals surface area contributed by atoms with Gasteiger partial charge in [0.05, 0.1) is 18.5 Å². The number of hydrogen-bond acceptors (Lipinski definition) is 3. The second kappa shape index (κ2) is 7.23. The van der Waals surface area contributed by atoms with Crippen LogP contribution in [0.15, 0.2) is 48.8 Å². The quantitative estimate of drug-likeness (QED) is 0.824. The number of ether oxygens (including phenoxy) is 1. The molecule has 0 saturated heterocycles. The molecule has 0 radical (unpaired) electrons. The summed E-state index contributed by atoms with van der Waals surface area (Å²) in [5, 5.41) is 2.72. The zero-order chi connectivity index (χ0) is 14.2. The average Bonchev–Trinajstić information content (AvgIpc) is 2.46. The smallest absolute Gasteiger partial charge is 0.224 e. The standard InChI is InChI=1S/C15H15FN2O2/c16-13-6-1-2-7-14(13)20-10-4-8-15(19)18-12-5-3-9-17-11-12/h1-3,5-7,9,11H,4,8,10H2,(H,18,19). The van der Waals surface area contributed by atoms with E-state index in [2.05, 4.69) is 10.3 Å². The summed E-state index contributed by atoms with van der Waals surface area (Å²) in [5.74, 6) is -0.303. The fourth-order valence-electron chi connectivity index (χ4n) is 1.64. The number of rotatable bonds is 6. The average molecular weight is 274 g/mol. The molecule has 0 fully saturated rings. The Morgan fingerprint density at radius 3 is 2.85 bits per heavy atom. The first kappa shape index (κ1) is 14.0. The SMILES string of the molecule is O=C(CCCOc1ccccc1F)Nc1cccnc1. The first-order valence-corrected chi connectivity index (χ1v) is 6.33. The maximum absolute atomic E-state index is 13.3. The molecule has 1 aromatic heterocycles. The van der Waals surface area contributed by atoms with E-state index in [9.17, 15) is 9.18 Å². The molecule has 0 bridgehead atoms. The predicted octanol–water partition coefficient (Wildman–Crippen LogP) is 3.02. The van der Waals surface area contributed by atoms with Crippen molar-refractivity contribution in [3.05, 3.63) is 54.6 Å². The molecular weight excluding hydrogens is 259 g/mol. The van der Waals surface area contributed by atoms with Crippen LogP contribution < -0.4 is 10.1 Å². The van der Waals surface area contributed by atoms with Crippen molar-refractivity contribution in [2.24, 2.45) is 0 Å². The number of para-hydroxylation sites is 1. The highest BCUT2D eigenvalue weighted by Gasteiger charge is 2.04. The van der Waals surface area contributed by atoms with Crippen molar-refractivity contribution < 1.29 is 13.9 Å². The highest BCUT2D eigenvalue weighted by Crippen LogP contribution is 2.15. The fourth-order valence-corrected chi connectivity index (χ4v) is 1.64. The number of anilines is 1. The maximum atomic E-state index is 13.3. The predicted molar refractivity (Wildman–Crippen MR) is 74.0 cm³/mol. The van der Waals surface area contributed by atoms with Crippen LogP contribution in [0.4, 0.5) is 10.1 Å². The van der Waals surface area contributed by atoms with Crippen LogP contribution in [0.5, 0.6) is 5.75 Å². The molecule has 0 aliphatic heterocycles. The van der Waals surface area contributed by atoms with Crippen LogP contribution in [0.1, 0.15) is 12.8 Å². The third-order valence-corrected chi connectivity index (χ3v) is 2.59. The molecule has 104 valence electrons. The van der Waals surface area contributed by atoms with Crippen LogP contribution in [0.3, 0.4) is 0 Å². The van der Waals surface area contributed by atoms with Crippen molar-refractivity contribution in [2.45, 2.75) is 12.8 Å². The summed E-state index contributed by atoms with van der Waals surface area (Å²) in [7, 11) is 0. The summed E-state index contributed by atoms with van der Waals surface area (Å²) < 4.78 is 18.5. The van der Waals surface area contributed by atoms with Crippen molar-refractivity contribution >= 4 is 11.6 Å². The van der Waals surface area contributed by atoms with Crippen molar-refractivity contribution in [2.75, 3.05) is 11.9 Å². The van der Waals surface area contributed by atoms with Gasteiger partial charge in [0.15, 0.2) is 11.6 Å². The maximum Gasteiger partial charge on any atom is 0.224 e. The third kappa shape index (κ3) is 4.35. The summed E-state index contributed by atoms with van der Waals surface area (Å²) in [5.41, 5.74) is 0.660. The van der Waals surface area contributed by atoms with Gasteiger partial charge in [0.25, 0.3) is 0 Å². The third-order valence-electron chi connectivity index (χ3n) is 2.59. The van der Waals surface area contributed by atoms with Gasteiger partial charge in [-0.05, 0) is 30.7 Å². The van der Waals surface area contributed by atoms with Crippen molar-refractivity contribution in [3.8, 4) is 5.75 Å². The van der Waals surface area contributed by atoms with Gasteiger partial charge in [-0.15, -0.1) is 0 Å².